The highest BCUT2D eigenvalue weighted by Gasteiger charge is 2.44. The number of benzene rings is 1. The molecular weight excluding hydrogens is 328 g/mol. The Morgan fingerprint density at radius 1 is 1.12 bits per heavy atom. The van der Waals surface area contributed by atoms with E-state index in [0.717, 1.165) is 4.90 Å². The molecular formula is C17H24N2O4S. The molecule has 1 aromatic rings. The molecule has 1 aromatic carbocycles. The largest absolute Gasteiger partial charge is 0.337 e. The summed E-state index contributed by atoms with van der Waals surface area (Å²) < 4.78 is 24.6. The van der Waals surface area contributed by atoms with Gasteiger partial charge >= 0.3 is 6.03 Å². The molecule has 132 valence electrons. The van der Waals surface area contributed by atoms with Crippen LogP contribution in [0.25, 0.3) is 0 Å². The lowest BCUT2D eigenvalue weighted by Crippen LogP contribution is -2.61. The van der Waals surface area contributed by atoms with Gasteiger partial charge in [0.15, 0.2) is 9.84 Å². The number of imide groups is 1. The summed E-state index contributed by atoms with van der Waals surface area (Å²) in [5.41, 5.74) is 0.0697. The lowest BCUT2D eigenvalue weighted by molar-refractivity contribution is -0.141. The van der Waals surface area contributed by atoms with Gasteiger partial charge in [0.2, 0.25) is 5.91 Å². The van der Waals surface area contributed by atoms with Crippen LogP contribution in [0.15, 0.2) is 30.3 Å². The molecule has 6 nitrogen and oxygen atoms in total. The Labute approximate surface area is 143 Å². The molecule has 7 heteroatoms. The maximum Gasteiger partial charge on any atom is 0.324 e. The summed E-state index contributed by atoms with van der Waals surface area (Å²) in [6.07, 6.45) is 1.21. The van der Waals surface area contributed by atoms with Gasteiger partial charge in [-0.05, 0) is 18.4 Å². The minimum Gasteiger partial charge on any atom is -0.337 e. The molecule has 0 aliphatic carbocycles. The molecule has 0 aromatic heterocycles. The second-order valence-corrected chi connectivity index (χ2v) is 8.36. The maximum atomic E-state index is 12.7. The van der Waals surface area contributed by atoms with Gasteiger partial charge in [-0.15, -0.1) is 0 Å². The molecule has 0 unspecified atom stereocenters. The van der Waals surface area contributed by atoms with Gasteiger partial charge < -0.3 is 5.32 Å². The van der Waals surface area contributed by atoms with Gasteiger partial charge in [-0.2, -0.15) is 0 Å². The summed E-state index contributed by atoms with van der Waals surface area (Å²) in [4.78, 5) is 25.7. The first-order chi connectivity index (χ1) is 11.3. The van der Waals surface area contributed by atoms with Crippen molar-refractivity contribution >= 4 is 21.8 Å². The molecule has 0 spiro atoms. The first-order valence-electron chi connectivity index (χ1n) is 8.18. The smallest absolute Gasteiger partial charge is 0.324 e. The number of urea groups is 1. The van der Waals surface area contributed by atoms with Crippen molar-refractivity contribution in [2.75, 3.05) is 18.8 Å². The Hall–Kier alpha value is -1.89. The molecule has 3 amide bonds. The fourth-order valence-corrected chi connectivity index (χ4v) is 4.24. The topological polar surface area (TPSA) is 83.6 Å². The van der Waals surface area contributed by atoms with E-state index < -0.39 is 21.3 Å². The van der Waals surface area contributed by atoms with Crippen LogP contribution in [0.4, 0.5) is 4.79 Å². The number of carbonyl (C=O) groups is 2. The normalized spacial score (nSPS) is 17.7. The number of nitrogens with one attached hydrogen (secondary N) is 1. The highest BCUT2D eigenvalue weighted by molar-refractivity contribution is 7.90. The zero-order valence-electron chi connectivity index (χ0n) is 14.1. The predicted molar refractivity (Wildman–Crippen MR) is 92.1 cm³/mol. The summed E-state index contributed by atoms with van der Waals surface area (Å²) in [7, 11) is -3.41. The van der Waals surface area contributed by atoms with Gasteiger partial charge in [-0.1, -0.05) is 44.2 Å². The Balaban J connectivity index is 2.06. The first kappa shape index (κ1) is 18.4. The van der Waals surface area contributed by atoms with E-state index in [-0.39, 0.29) is 24.0 Å². The van der Waals surface area contributed by atoms with Crippen molar-refractivity contribution in [2.24, 2.45) is 5.41 Å². The van der Waals surface area contributed by atoms with Crippen LogP contribution >= 0.6 is 0 Å². The molecule has 1 aliphatic heterocycles. The van der Waals surface area contributed by atoms with Crippen LogP contribution in [0.1, 0.15) is 32.3 Å². The van der Waals surface area contributed by atoms with E-state index in [0.29, 0.717) is 24.9 Å². The summed E-state index contributed by atoms with van der Waals surface area (Å²) >= 11 is 0. The van der Waals surface area contributed by atoms with Crippen molar-refractivity contribution in [2.45, 2.75) is 32.4 Å². The Morgan fingerprint density at radius 3 is 2.33 bits per heavy atom. The number of rotatable bonds is 7. The number of sulfone groups is 1. The van der Waals surface area contributed by atoms with Crippen molar-refractivity contribution in [3.05, 3.63) is 35.9 Å². The van der Waals surface area contributed by atoms with Gasteiger partial charge in [0.25, 0.3) is 0 Å². The lowest BCUT2D eigenvalue weighted by atomic mass is 9.79. The third kappa shape index (κ3) is 3.95. The number of amides is 3. The number of hydrogen-bond acceptors (Lipinski definition) is 4. The Bertz CT molecular complexity index is 697. The fourth-order valence-electron chi connectivity index (χ4n) is 2.93. The molecule has 0 atom stereocenters. The highest BCUT2D eigenvalue weighted by atomic mass is 32.2. The minimum atomic E-state index is -3.41. The van der Waals surface area contributed by atoms with Crippen LogP contribution in [-0.2, 0) is 20.4 Å². The average Bonchev–Trinajstić information content (AvgIpc) is 2.56. The molecule has 0 radical (unpaired) electrons. The third-order valence-corrected chi connectivity index (χ3v) is 6.31. The van der Waals surface area contributed by atoms with Crippen LogP contribution in [-0.4, -0.2) is 44.1 Å². The molecule has 1 saturated heterocycles. The highest BCUT2D eigenvalue weighted by Crippen LogP contribution is 2.31. The van der Waals surface area contributed by atoms with E-state index in [9.17, 15) is 18.0 Å². The second-order valence-electron chi connectivity index (χ2n) is 6.18. The average molecular weight is 352 g/mol. The predicted octanol–water partition coefficient (Wildman–Crippen LogP) is 1.96. The number of nitrogens with zero attached hydrogens (tertiary/aromatic N) is 1. The van der Waals surface area contributed by atoms with Gasteiger partial charge in [0.1, 0.15) is 0 Å². The quantitative estimate of drug-likeness (QED) is 0.813. The van der Waals surface area contributed by atoms with E-state index in [2.05, 4.69) is 5.32 Å². The van der Waals surface area contributed by atoms with E-state index >= 15 is 0 Å². The fraction of sp³-hybridized carbons (Fsp3) is 0.529. The molecule has 0 bridgehead atoms. The number of hydrogen-bond donors (Lipinski definition) is 1. The molecule has 2 rings (SSSR count). The monoisotopic (exact) mass is 352 g/mol. The van der Waals surface area contributed by atoms with Crippen LogP contribution in [0, 0.1) is 5.41 Å². The molecule has 1 N–H and O–H groups in total. The van der Waals surface area contributed by atoms with Gasteiger partial charge in [0.05, 0.1) is 16.9 Å². The van der Waals surface area contributed by atoms with Crippen LogP contribution in [0.5, 0.6) is 0 Å². The molecule has 24 heavy (non-hydrogen) atoms. The first-order valence-corrected chi connectivity index (χ1v) is 10.00. The summed E-state index contributed by atoms with van der Waals surface area (Å²) in [5, 5.41) is 2.71. The second kappa shape index (κ2) is 7.34. The summed E-state index contributed by atoms with van der Waals surface area (Å²) in [6, 6.07) is 8.37. The Kier molecular flexibility index (Phi) is 5.64. The van der Waals surface area contributed by atoms with Crippen molar-refractivity contribution in [1.82, 2.24) is 10.2 Å². The molecule has 1 fully saturated rings. The lowest BCUT2D eigenvalue weighted by Gasteiger charge is -2.39. The summed E-state index contributed by atoms with van der Waals surface area (Å²) in [6.45, 7) is 4.01. The van der Waals surface area contributed by atoms with E-state index in [4.69, 9.17) is 0 Å². The van der Waals surface area contributed by atoms with E-state index in [1.54, 1.807) is 24.3 Å². The van der Waals surface area contributed by atoms with E-state index in [1.807, 2.05) is 19.9 Å². The van der Waals surface area contributed by atoms with Gasteiger partial charge in [-0.25, -0.2) is 13.2 Å². The number of carbonyl (C=O) groups excluding carboxylic acids is 2. The molecule has 1 heterocycles. The van der Waals surface area contributed by atoms with Gasteiger partial charge in [-0.3, -0.25) is 9.69 Å². The zero-order chi connectivity index (χ0) is 17.8. The van der Waals surface area contributed by atoms with E-state index in [1.165, 1.54) is 0 Å². The van der Waals surface area contributed by atoms with Gasteiger partial charge in [0, 0.05) is 13.1 Å². The van der Waals surface area contributed by atoms with Crippen molar-refractivity contribution < 1.29 is 18.0 Å². The van der Waals surface area contributed by atoms with Crippen LogP contribution in [0.3, 0.4) is 0 Å². The summed E-state index contributed by atoms with van der Waals surface area (Å²) in [5.74, 6) is -0.597. The minimum absolute atomic E-state index is 0.0931. The van der Waals surface area contributed by atoms with Crippen molar-refractivity contribution in [3.63, 3.8) is 0 Å². The standard InChI is InChI=1S/C17H24N2O4S/c1-3-17(4-2)13-18-16(21)19(15(17)20)10-11-24(22,23)12-14-8-6-5-7-9-14/h5-9H,3-4,10-13H2,1-2H3,(H,18,21). The van der Waals surface area contributed by atoms with Crippen molar-refractivity contribution in [3.8, 4) is 0 Å². The SMILES string of the molecule is CCC1(CC)CNC(=O)N(CCS(=O)(=O)Cc2ccccc2)C1=O. The molecule has 1 aliphatic rings. The van der Waals surface area contributed by atoms with Crippen LogP contribution < -0.4 is 5.32 Å². The maximum absolute atomic E-state index is 12.7. The Morgan fingerprint density at radius 2 is 1.75 bits per heavy atom. The zero-order valence-corrected chi connectivity index (χ0v) is 14.9. The van der Waals surface area contributed by atoms with Crippen molar-refractivity contribution in [1.29, 1.82) is 0 Å². The molecule has 0 saturated carbocycles. The van der Waals surface area contributed by atoms with Crippen LogP contribution in [0.2, 0.25) is 0 Å². The third-order valence-electron chi connectivity index (χ3n) is 4.73.